The number of rotatable bonds is 44. The summed E-state index contributed by atoms with van der Waals surface area (Å²) in [5.74, 6) is -4.92. The molecule has 17 heteroatoms. The van der Waals surface area contributed by atoms with Gasteiger partial charge in [-0.3, -0.25) is 20.3 Å². The molecule has 398 valence electrons. The number of aliphatic carboxylic acids is 2. The molecule has 0 saturated heterocycles. The van der Waals surface area contributed by atoms with Gasteiger partial charge in [0.15, 0.2) is 17.7 Å². The third kappa shape index (κ3) is 44.8. The van der Waals surface area contributed by atoms with Crippen LogP contribution in [0.2, 0.25) is 0 Å². The monoisotopic (exact) mass is 977 g/mol. The molecular formula is C51H95F3N6O8. The van der Waals surface area contributed by atoms with Gasteiger partial charge in [-0.25, -0.2) is 4.79 Å². The minimum Gasteiger partial charge on any atom is -0.542 e. The first-order valence-electron chi connectivity index (χ1n) is 25.9. The van der Waals surface area contributed by atoms with Crippen molar-refractivity contribution >= 4 is 29.8 Å². The van der Waals surface area contributed by atoms with Crippen LogP contribution >= 0.6 is 0 Å². The summed E-state index contributed by atoms with van der Waals surface area (Å²) >= 11 is 0. The second-order valence-electron chi connectivity index (χ2n) is 18.7. The number of hydrogen-bond donors (Lipinski definition) is 6. The zero-order valence-corrected chi connectivity index (χ0v) is 42.7. The average molecular weight is 977 g/mol. The highest BCUT2D eigenvalue weighted by Gasteiger charge is 2.34. The Bertz CT molecular complexity index is 1370. The van der Waals surface area contributed by atoms with Crippen LogP contribution in [0.15, 0.2) is 24.3 Å². The number of hydrogen-bond acceptors (Lipinski definition) is 10. The molecule has 0 amide bonds. The molecule has 0 aliphatic rings. The Labute approximate surface area is 408 Å². The van der Waals surface area contributed by atoms with Crippen LogP contribution in [0.3, 0.4) is 0 Å². The highest BCUT2D eigenvalue weighted by molar-refractivity contribution is 5.78. The van der Waals surface area contributed by atoms with Crippen molar-refractivity contribution in [3.63, 3.8) is 0 Å². The van der Waals surface area contributed by atoms with E-state index in [1.165, 1.54) is 103 Å². The lowest BCUT2D eigenvalue weighted by Crippen LogP contribution is -2.62. The summed E-state index contributed by atoms with van der Waals surface area (Å²) in [6, 6.07) is 0. The second-order valence-corrected chi connectivity index (χ2v) is 18.7. The summed E-state index contributed by atoms with van der Waals surface area (Å²) < 4.78 is 43.5. The first kappa shape index (κ1) is 66.4. The lowest BCUT2D eigenvalue weighted by molar-refractivity contribution is -0.892. The van der Waals surface area contributed by atoms with Crippen molar-refractivity contribution in [2.24, 2.45) is 11.5 Å². The molecule has 2 unspecified atom stereocenters. The molecule has 0 aliphatic heterocycles. The Hall–Kier alpha value is -3.70. The van der Waals surface area contributed by atoms with E-state index in [-0.39, 0.29) is 30.9 Å². The predicted octanol–water partition coefficient (Wildman–Crippen LogP) is 9.48. The largest absolute Gasteiger partial charge is 0.542 e. The van der Waals surface area contributed by atoms with E-state index in [2.05, 4.69) is 48.8 Å². The van der Waals surface area contributed by atoms with Gasteiger partial charge in [0.1, 0.15) is 19.1 Å². The maximum Gasteiger partial charge on any atom is 0.430 e. The fourth-order valence-corrected chi connectivity index (χ4v) is 7.39. The van der Waals surface area contributed by atoms with Crippen LogP contribution in [0, 0.1) is 5.41 Å². The number of likely N-dealkylation sites (N-methyl/N-ethyl adjacent to an activating group) is 1. The SMILES string of the molecule is CCCCCCCC/C=C\CCCCCCCC(=O)OCC(C[N+](C)(C)CCNC(N)(CCCNC(=N)N)C(=O)O)OC(=O)CCCCCCC/C=C\CCCCCCCC.O=C([O-])C(F)(F)F. The summed E-state index contributed by atoms with van der Waals surface area (Å²) in [5.41, 5.74) is 9.90. The molecule has 0 radical (unpaired) electrons. The van der Waals surface area contributed by atoms with E-state index in [1.54, 1.807) is 0 Å². The first-order valence-corrected chi connectivity index (χ1v) is 25.9. The lowest BCUT2D eigenvalue weighted by Gasteiger charge is -2.34. The third-order valence-electron chi connectivity index (χ3n) is 11.5. The summed E-state index contributed by atoms with van der Waals surface area (Å²) in [6.07, 6.45) is 35.5. The van der Waals surface area contributed by atoms with E-state index in [9.17, 15) is 32.7 Å². The van der Waals surface area contributed by atoms with Gasteiger partial charge < -0.3 is 45.7 Å². The molecule has 0 saturated carbocycles. The number of ether oxygens (including phenoxy) is 2. The maximum atomic E-state index is 13.0. The van der Waals surface area contributed by atoms with Crippen LogP contribution < -0.4 is 27.2 Å². The van der Waals surface area contributed by atoms with Crippen LogP contribution in [0.4, 0.5) is 13.2 Å². The third-order valence-corrected chi connectivity index (χ3v) is 11.5. The fraction of sp³-hybridized carbons (Fsp3) is 0.824. The number of allylic oxidation sites excluding steroid dienone is 4. The Morgan fingerprint density at radius 3 is 1.47 bits per heavy atom. The quantitative estimate of drug-likeness (QED) is 0.00638. The number of carboxylic acid groups (broad SMARTS) is 2. The smallest absolute Gasteiger partial charge is 0.430 e. The highest BCUT2D eigenvalue weighted by Crippen LogP contribution is 2.15. The number of nitrogens with zero attached hydrogens (tertiary/aromatic N) is 1. The summed E-state index contributed by atoms with van der Waals surface area (Å²) in [4.78, 5) is 46.6. The lowest BCUT2D eigenvalue weighted by atomic mass is 10.0. The van der Waals surface area contributed by atoms with E-state index in [1.807, 2.05) is 14.1 Å². The molecule has 8 N–H and O–H groups in total. The van der Waals surface area contributed by atoms with Gasteiger partial charge in [-0.15, -0.1) is 0 Å². The number of carbonyl (C=O) groups is 4. The molecule has 0 bridgehead atoms. The second kappa shape index (κ2) is 43.3. The van der Waals surface area contributed by atoms with Gasteiger partial charge in [-0.2, -0.15) is 13.2 Å². The maximum absolute atomic E-state index is 13.0. The van der Waals surface area contributed by atoms with Crippen molar-refractivity contribution in [3.8, 4) is 0 Å². The molecule has 14 nitrogen and oxygen atoms in total. The van der Waals surface area contributed by atoms with Gasteiger partial charge in [0.05, 0.1) is 20.6 Å². The first-order chi connectivity index (χ1) is 32.3. The number of nitrogens with one attached hydrogen (secondary N) is 3. The topological polar surface area (TPSA) is 230 Å². The van der Waals surface area contributed by atoms with Crippen LogP contribution in [0.1, 0.15) is 206 Å². The summed E-state index contributed by atoms with van der Waals surface area (Å²) in [5, 5.41) is 31.6. The number of guanidine groups is 1. The van der Waals surface area contributed by atoms with Crippen LogP contribution in [0.25, 0.3) is 0 Å². The molecule has 0 fully saturated rings. The zero-order chi connectivity index (χ0) is 51.4. The fourth-order valence-electron chi connectivity index (χ4n) is 7.39. The molecule has 0 aromatic heterocycles. The van der Waals surface area contributed by atoms with E-state index < -0.39 is 29.9 Å². The average Bonchev–Trinajstić information content (AvgIpc) is 3.26. The number of halogens is 3. The van der Waals surface area contributed by atoms with E-state index in [0.717, 1.165) is 64.2 Å². The van der Waals surface area contributed by atoms with Gasteiger partial charge in [0, 0.05) is 25.9 Å². The highest BCUT2D eigenvalue weighted by atomic mass is 19.4. The summed E-state index contributed by atoms with van der Waals surface area (Å²) in [7, 11) is 3.94. The number of carbonyl (C=O) groups excluding carboxylic acids is 3. The molecular weight excluding hydrogens is 882 g/mol. The van der Waals surface area contributed by atoms with Crippen LogP contribution in [-0.4, -0.2) is 104 Å². The number of alkyl halides is 3. The molecule has 0 aliphatic carbocycles. The van der Waals surface area contributed by atoms with Crippen molar-refractivity contribution in [1.82, 2.24) is 10.6 Å². The van der Waals surface area contributed by atoms with Crippen LogP contribution in [-0.2, 0) is 28.7 Å². The summed E-state index contributed by atoms with van der Waals surface area (Å²) in [6.45, 7) is 5.99. The minimum absolute atomic E-state index is 0.0176. The van der Waals surface area contributed by atoms with Crippen molar-refractivity contribution < 1.29 is 56.5 Å². The zero-order valence-electron chi connectivity index (χ0n) is 42.7. The van der Waals surface area contributed by atoms with Gasteiger partial charge in [0.2, 0.25) is 0 Å². The molecule has 68 heavy (non-hydrogen) atoms. The Morgan fingerprint density at radius 1 is 0.676 bits per heavy atom. The van der Waals surface area contributed by atoms with E-state index in [4.69, 9.17) is 36.3 Å². The minimum atomic E-state index is -5.19. The Morgan fingerprint density at radius 2 is 1.07 bits per heavy atom. The van der Waals surface area contributed by atoms with Crippen molar-refractivity contribution in [1.29, 1.82) is 5.41 Å². The van der Waals surface area contributed by atoms with Gasteiger partial charge in [-0.05, 0) is 77.0 Å². The number of carboxylic acids is 2. The Balaban J connectivity index is 0. The molecule has 0 aromatic carbocycles. The van der Waals surface area contributed by atoms with Gasteiger partial charge in [-0.1, -0.05) is 141 Å². The van der Waals surface area contributed by atoms with Crippen molar-refractivity contribution in [2.45, 2.75) is 224 Å². The molecule has 0 aromatic rings. The van der Waals surface area contributed by atoms with E-state index in [0.29, 0.717) is 49.9 Å². The van der Waals surface area contributed by atoms with E-state index >= 15 is 0 Å². The molecule has 0 spiro atoms. The molecule has 2 atom stereocenters. The number of unbranched alkanes of at least 4 members (excludes halogenated alkanes) is 22. The molecule has 0 rings (SSSR count). The number of quaternary nitrogens is 1. The van der Waals surface area contributed by atoms with Crippen LogP contribution in [0.5, 0.6) is 0 Å². The normalized spacial score (nSPS) is 13.2. The van der Waals surface area contributed by atoms with Crippen molar-refractivity contribution in [3.05, 3.63) is 24.3 Å². The predicted molar refractivity (Wildman–Crippen MR) is 264 cm³/mol. The van der Waals surface area contributed by atoms with Gasteiger partial charge >= 0.3 is 24.1 Å². The Kier molecular flexibility index (Phi) is 42.3. The number of esters is 2. The van der Waals surface area contributed by atoms with Gasteiger partial charge in [0.25, 0.3) is 0 Å². The van der Waals surface area contributed by atoms with Crippen molar-refractivity contribution in [2.75, 3.05) is 46.9 Å². The standard InChI is InChI=1S/C49H94N6O6.C2HF3O2/c1-5-7-9-11-13-15-17-19-21-23-25-27-29-31-33-36-45(56)60-43-44(42-55(3,4)41-40-54-49(52,47(58)59)38-35-39-53-48(50)51)61-46(57)37-34-32-30-28-26-24-22-20-18-16-14-12-10-8-6-2;3-2(4,5)1(6)7/h19-22,44,54H,5-18,23-43,52H2,1-4H3,(H4-,50,51,53,58,59);(H,6,7)/b21-19-,22-20-;. The number of nitrogens with two attached hydrogens (primary N) is 2. The molecule has 0 heterocycles.